The number of nitrogens with zero attached hydrogens (tertiary/aromatic N) is 1. The van der Waals surface area contributed by atoms with E-state index in [0.717, 1.165) is 5.56 Å². The Labute approximate surface area is 117 Å². The maximum atomic E-state index is 11.6. The number of hydrogen-bond acceptors (Lipinski definition) is 7. The molecule has 0 radical (unpaired) electrons. The smallest absolute Gasteiger partial charge is 0.323 e. The molecule has 0 amide bonds. The van der Waals surface area contributed by atoms with Gasteiger partial charge < -0.3 is 10.5 Å². The molecule has 0 aliphatic heterocycles. The van der Waals surface area contributed by atoms with Gasteiger partial charge in [-0.05, 0) is 24.8 Å². The highest BCUT2D eigenvalue weighted by atomic mass is 17.1. The van der Waals surface area contributed by atoms with Gasteiger partial charge in [0.15, 0.2) is 0 Å². The van der Waals surface area contributed by atoms with Gasteiger partial charge in [-0.25, -0.2) is 0 Å². The van der Waals surface area contributed by atoms with Gasteiger partial charge in [0.2, 0.25) is 0 Å². The number of esters is 1. The van der Waals surface area contributed by atoms with E-state index in [0.29, 0.717) is 19.3 Å². The average molecular weight is 284 g/mol. The molecule has 0 unspecified atom stereocenters. The van der Waals surface area contributed by atoms with Crippen LogP contribution in [-0.4, -0.2) is 41.0 Å². The number of benzene rings is 1. The first-order chi connectivity index (χ1) is 9.59. The van der Waals surface area contributed by atoms with Crippen molar-refractivity contribution in [2.24, 2.45) is 5.73 Å². The van der Waals surface area contributed by atoms with Crippen molar-refractivity contribution < 1.29 is 24.8 Å². The maximum Gasteiger partial charge on any atom is 0.323 e. The molecule has 7 nitrogen and oxygen atoms in total. The van der Waals surface area contributed by atoms with Gasteiger partial charge in [0, 0.05) is 0 Å². The molecule has 1 atom stereocenters. The van der Waals surface area contributed by atoms with Gasteiger partial charge in [-0.15, -0.1) is 0 Å². The number of carbonyl (C=O) groups excluding carboxylic acids is 1. The summed E-state index contributed by atoms with van der Waals surface area (Å²) in [4.78, 5) is 16.0. The summed E-state index contributed by atoms with van der Waals surface area (Å²) in [5.41, 5.74) is 6.74. The third-order valence-corrected chi connectivity index (χ3v) is 2.59. The van der Waals surface area contributed by atoms with Crippen LogP contribution in [0.1, 0.15) is 18.4 Å². The van der Waals surface area contributed by atoms with Crippen LogP contribution in [-0.2, 0) is 20.8 Å². The molecule has 1 aromatic carbocycles. The van der Waals surface area contributed by atoms with E-state index in [4.69, 9.17) is 20.9 Å². The summed E-state index contributed by atoms with van der Waals surface area (Å²) in [5.74, 6) is -0.444. The molecule has 0 saturated heterocycles. The topological polar surface area (TPSA) is 105 Å². The predicted octanol–water partition coefficient (Wildman–Crippen LogP) is 0.892. The lowest BCUT2D eigenvalue weighted by atomic mass is 10.1. The first kappa shape index (κ1) is 16.5. The maximum absolute atomic E-state index is 11.6. The van der Waals surface area contributed by atoms with E-state index in [1.807, 2.05) is 30.3 Å². The van der Waals surface area contributed by atoms with E-state index in [2.05, 4.69) is 4.84 Å². The van der Waals surface area contributed by atoms with Crippen LogP contribution in [0.5, 0.6) is 0 Å². The van der Waals surface area contributed by atoms with E-state index in [9.17, 15) is 4.79 Å². The van der Waals surface area contributed by atoms with Gasteiger partial charge in [-0.3, -0.25) is 20.0 Å². The molecule has 0 aliphatic rings. The lowest BCUT2D eigenvalue weighted by Crippen LogP contribution is -2.34. The molecule has 7 heteroatoms. The molecular formula is C13H20N2O5. The SMILES string of the molecule is N[C@@H](Cc1ccccc1)C(=O)OCCCCON(O)O. The Morgan fingerprint density at radius 2 is 1.85 bits per heavy atom. The molecule has 0 heterocycles. The Bertz CT molecular complexity index is 386. The Morgan fingerprint density at radius 3 is 2.50 bits per heavy atom. The number of nitrogens with two attached hydrogens (primary N) is 1. The molecule has 0 aliphatic carbocycles. The van der Waals surface area contributed by atoms with E-state index < -0.39 is 12.0 Å². The number of rotatable bonds is 9. The van der Waals surface area contributed by atoms with E-state index in [1.54, 1.807) is 0 Å². The molecule has 0 aromatic heterocycles. The minimum absolute atomic E-state index is 0.126. The fraction of sp³-hybridized carbons (Fsp3) is 0.462. The van der Waals surface area contributed by atoms with Gasteiger partial charge in [0.1, 0.15) is 6.04 Å². The number of unbranched alkanes of at least 4 members (excludes halogenated alkanes) is 1. The monoisotopic (exact) mass is 284 g/mol. The van der Waals surface area contributed by atoms with Crippen molar-refractivity contribution in [3.63, 3.8) is 0 Å². The summed E-state index contributed by atoms with van der Waals surface area (Å²) in [6.07, 6.45) is 1.52. The number of ether oxygens (including phenoxy) is 1. The predicted molar refractivity (Wildman–Crippen MR) is 69.7 cm³/mol. The quantitative estimate of drug-likeness (QED) is 0.351. The lowest BCUT2D eigenvalue weighted by molar-refractivity contribution is -0.492. The summed E-state index contributed by atoms with van der Waals surface area (Å²) < 4.78 is 5.02. The Kier molecular flexibility index (Phi) is 7.78. The van der Waals surface area contributed by atoms with Crippen molar-refractivity contribution in [3.05, 3.63) is 35.9 Å². The molecule has 0 spiro atoms. The van der Waals surface area contributed by atoms with E-state index >= 15 is 0 Å². The molecule has 0 fully saturated rings. The van der Waals surface area contributed by atoms with Crippen LogP contribution in [0.4, 0.5) is 0 Å². The second kappa shape index (κ2) is 9.40. The molecule has 4 N–H and O–H groups in total. The normalized spacial score (nSPS) is 12.4. The van der Waals surface area contributed by atoms with Crippen LogP contribution in [0.25, 0.3) is 0 Å². The summed E-state index contributed by atoms with van der Waals surface area (Å²) in [7, 11) is 0. The zero-order valence-electron chi connectivity index (χ0n) is 11.1. The van der Waals surface area contributed by atoms with Crippen LogP contribution >= 0.6 is 0 Å². The van der Waals surface area contributed by atoms with E-state index in [-0.39, 0.29) is 18.6 Å². The minimum Gasteiger partial charge on any atom is -0.465 e. The molecule has 1 rings (SSSR count). The van der Waals surface area contributed by atoms with E-state index in [1.165, 1.54) is 0 Å². The average Bonchev–Trinajstić information content (AvgIpc) is 2.43. The first-order valence-electron chi connectivity index (χ1n) is 6.36. The highest BCUT2D eigenvalue weighted by Gasteiger charge is 2.15. The highest BCUT2D eigenvalue weighted by Crippen LogP contribution is 2.03. The number of carbonyl (C=O) groups is 1. The molecule has 0 bridgehead atoms. The van der Waals surface area contributed by atoms with Crippen LogP contribution in [0, 0.1) is 0 Å². The lowest BCUT2D eigenvalue weighted by Gasteiger charge is -2.11. The van der Waals surface area contributed by atoms with Crippen molar-refractivity contribution >= 4 is 5.97 Å². The van der Waals surface area contributed by atoms with Crippen molar-refractivity contribution in [3.8, 4) is 0 Å². The summed E-state index contributed by atoms with van der Waals surface area (Å²) in [6.45, 7) is 0.349. The fourth-order valence-electron chi connectivity index (χ4n) is 1.58. The van der Waals surface area contributed by atoms with Crippen molar-refractivity contribution in [1.29, 1.82) is 0 Å². The van der Waals surface area contributed by atoms with Crippen molar-refractivity contribution in [1.82, 2.24) is 5.39 Å². The zero-order valence-corrected chi connectivity index (χ0v) is 11.1. The van der Waals surface area contributed by atoms with Gasteiger partial charge in [0.05, 0.1) is 18.6 Å². The Hall–Kier alpha value is -1.51. The second-order valence-electron chi connectivity index (χ2n) is 4.26. The molecule has 20 heavy (non-hydrogen) atoms. The highest BCUT2D eigenvalue weighted by molar-refractivity contribution is 5.75. The second-order valence-corrected chi connectivity index (χ2v) is 4.26. The standard InChI is InChI=1S/C13H20N2O5/c14-12(10-11-6-2-1-3-7-11)13(16)19-8-4-5-9-20-15(17)18/h1-3,6-7,12,17-18H,4-5,8-10,14H2/t12-/m0/s1. The summed E-state index contributed by atoms with van der Waals surface area (Å²) >= 11 is 0. The van der Waals surface area contributed by atoms with Crippen LogP contribution in [0.15, 0.2) is 30.3 Å². The van der Waals surface area contributed by atoms with Crippen LogP contribution in [0.3, 0.4) is 0 Å². The third kappa shape index (κ3) is 7.17. The van der Waals surface area contributed by atoms with Gasteiger partial charge in [0.25, 0.3) is 0 Å². The van der Waals surface area contributed by atoms with Gasteiger partial charge in [-0.2, -0.15) is 0 Å². The minimum atomic E-state index is -0.681. The Morgan fingerprint density at radius 1 is 1.20 bits per heavy atom. The fourth-order valence-corrected chi connectivity index (χ4v) is 1.58. The molecule has 0 saturated carbocycles. The zero-order chi connectivity index (χ0) is 14.8. The molecular weight excluding hydrogens is 264 g/mol. The van der Waals surface area contributed by atoms with Gasteiger partial charge >= 0.3 is 5.97 Å². The largest absolute Gasteiger partial charge is 0.465 e. The van der Waals surface area contributed by atoms with Crippen molar-refractivity contribution in [2.75, 3.05) is 13.2 Å². The Balaban J connectivity index is 2.13. The summed E-state index contributed by atoms with van der Waals surface area (Å²) in [6, 6.07) is 8.80. The van der Waals surface area contributed by atoms with Crippen molar-refractivity contribution in [2.45, 2.75) is 25.3 Å². The van der Waals surface area contributed by atoms with Crippen LogP contribution < -0.4 is 5.73 Å². The molecule has 112 valence electrons. The third-order valence-electron chi connectivity index (χ3n) is 2.59. The van der Waals surface area contributed by atoms with Gasteiger partial charge in [-0.1, -0.05) is 30.3 Å². The number of hydrogen-bond donors (Lipinski definition) is 3. The first-order valence-corrected chi connectivity index (χ1v) is 6.36. The van der Waals surface area contributed by atoms with Crippen LogP contribution in [0.2, 0.25) is 0 Å². The summed E-state index contributed by atoms with van der Waals surface area (Å²) in [5, 5.41) is 16.2. The molecule has 1 aromatic rings.